The van der Waals surface area contributed by atoms with E-state index in [2.05, 4.69) is 0 Å². The molecule has 160 valence electrons. The number of rotatable bonds is 7. The van der Waals surface area contributed by atoms with Gasteiger partial charge >= 0.3 is 5.97 Å². The Morgan fingerprint density at radius 3 is 2.52 bits per heavy atom. The van der Waals surface area contributed by atoms with Gasteiger partial charge in [0, 0.05) is 18.2 Å². The molecule has 0 bridgehead atoms. The van der Waals surface area contributed by atoms with Crippen LogP contribution >= 0.6 is 11.8 Å². The van der Waals surface area contributed by atoms with Gasteiger partial charge < -0.3 is 15.4 Å². The summed E-state index contributed by atoms with van der Waals surface area (Å²) in [6.45, 7) is 7.77. The summed E-state index contributed by atoms with van der Waals surface area (Å²) in [5.74, 6) is -0.507. The van der Waals surface area contributed by atoms with E-state index in [0.29, 0.717) is 25.1 Å². The number of carbonyl (C=O) groups excluding carboxylic acids is 3. The van der Waals surface area contributed by atoms with Gasteiger partial charge in [-0.3, -0.25) is 9.59 Å². The van der Waals surface area contributed by atoms with Crippen molar-refractivity contribution in [2.24, 2.45) is 11.7 Å². The van der Waals surface area contributed by atoms with Crippen LogP contribution in [0.15, 0.2) is 30.3 Å². The van der Waals surface area contributed by atoms with Crippen LogP contribution in [0.1, 0.15) is 46.1 Å². The third kappa shape index (κ3) is 7.16. The van der Waals surface area contributed by atoms with Crippen LogP contribution in [0, 0.1) is 5.92 Å². The van der Waals surface area contributed by atoms with Crippen molar-refractivity contribution in [1.82, 2.24) is 4.90 Å². The maximum absolute atomic E-state index is 12.9. The minimum atomic E-state index is -0.606. The molecule has 29 heavy (non-hydrogen) atoms. The van der Waals surface area contributed by atoms with Gasteiger partial charge in [-0.15, -0.1) is 0 Å². The quantitative estimate of drug-likeness (QED) is 0.682. The van der Waals surface area contributed by atoms with E-state index >= 15 is 0 Å². The highest BCUT2D eigenvalue weighted by atomic mass is 32.2. The number of thioether (sulfide) groups is 1. The lowest BCUT2D eigenvalue weighted by Gasteiger charge is -2.29. The highest BCUT2D eigenvalue weighted by molar-refractivity contribution is 8.13. The zero-order chi connectivity index (χ0) is 21.6. The monoisotopic (exact) mass is 420 g/mol. The standard InChI is InChI=1S/C22H32N2O4S/c1-15(14-29-21(27)17(23)13-16-9-6-5-7-10-16)19(25)24-12-8-11-18(24)20(26)28-22(2,3)4/h5-7,9-10,15,17-18H,8,11-14,23H2,1-4H3/t15?,17?,18-/m0/s1. The summed E-state index contributed by atoms with van der Waals surface area (Å²) in [5.41, 5.74) is 6.45. The van der Waals surface area contributed by atoms with Crippen molar-refractivity contribution in [3.05, 3.63) is 35.9 Å². The molecule has 1 aromatic carbocycles. The number of benzene rings is 1. The molecular weight excluding hydrogens is 388 g/mol. The third-order valence-corrected chi connectivity index (χ3v) is 5.97. The number of nitrogens with two attached hydrogens (primary N) is 1. The Balaban J connectivity index is 1.86. The van der Waals surface area contributed by atoms with Crippen LogP contribution < -0.4 is 5.73 Å². The third-order valence-electron chi connectivity index (χ3n) is 4.71. The molecule has 0 aliphatic carbocycles. The van der Waals surface area contributed by atoms with Gasteiger partial charge in [-0.1, -0.05) is 49.0 Å². The predicted octanol–water partition coefficient (Wildman–Crippen LogP) is 2.79. The molecule has 2 rings (SSSR count). The van der Waals surface area contributed by atoms with Crippen molar-refractivity contribution < 1.29 is 19.1 Å². The normalized spacial score (nSPS) is 18.9. The van der Waals surface area contributed by atoms with Crippen molar-refractivity contribution in [2.75, 3.05) is 12.3 Å². The number of hydrogen-bond acceptors (Lipinski definition) is 6. The molecule has 1 aromatic rings. The maximum Gasteiger partial charge on any atom is 0.329 e. The van der Waals surface area contributed by atoms with E-state index in [1.807, 2.05) is 51.1 Å². The van der Waals surface area contributed by atoms with Crippen LogP contribution in [0.25, 0.3) is 0 Å². The summed E-state index contributed by atoms with van der Waals surface area (Å²) in [6.07, 6.45) is 1.86. The molecular formula is C22H32N2O4S. The van der Waals surface area contributed by atoms with E-state index in [4.69, 9.17) is 10.5 Å². The Morgan fingerprint density at radius 1 is 1.24 bits per heavy atom. The Morgan fingerprint density at radius 2 is 1.90 bits per heavy atom. The SMILES string of the molecule is CC(CSC(=O)C(N)Cc1ccccc1)C(=O)N1CCC[C@H]1C(=O)OC(C)(C)C. The molecule has 0 radical (unpaired) electrons. The van der Waals surface area contributed by atoms with E-state index in [9.17, 15) is 14.4 Å². The van der Waals surface area contributed by atoms with Crippen LogP contribution in [-0.2, 0) is 25.5 Å². The van der Waals surface area contributed by atoms with E-state index in [1.54, 1.807) is 11.8 Å². The molecule has 1 amide bonds. The molecule has 7 heteroatoms. The number of amides is 1. The van der Waals surface area contributed by atoms with Gasteiger partial charge in [0.05, 0.1) is 6.04 Å². The Kier molecular flexibility index (Phi) is 8.28. The van der Waals surface area contributed by atoms with Gasteiger partial charge in [0.15, 0.2) is 0 Å². The summed E-state index contributed by atoms with van der Waals surface area (Å²) < 4.78 is 5.46. The summed E-state index contributed by atoms with van der Waals surface area (Å²) in [6, 6.07) is 8.48. The molecule has 0 spiro atoms. The number of hydrogen-bond donors (Lipinski definition) is 1. The molecule has 2 unspecified atom stereocenters. The first-order valence-electron chi connectivity index (χ1n) is 10.1. The first-order chi connectivity index (χ1) is 13.6. The number of likely N-dealkylation sites (tertiary alicyclic amines) is 1. The number of carbonyl (C=O) groups is 3. The molecule has 2 N–H and O–H groups in total. The second kappa shape index (κ2) is 10.3. The average molecular weight is 421 g/mol. The fourth-order valence-electron chi connectivity index (χ4n) is 3.27. The van der Waals surface area contributed by atoms with E-state index < -0.39 is 17.7 Å². The topological polar surface area (TPSA) is 89.7 Å². The summed E-state index contributed by atoms with van der Waals surface area (Å²) in [7, 11) is 0. The molecule has 1 aliphatic heterocycles. The first-order valence-corrected chi connectivity index (χ1v) is 11.1. The fraction of sp³-hybridized carbons (Fsp3) is 0.591. The first kappa shape index (κ1) is 23.4. The molecule has 0 aromatic heterocycles. The van der Waals surface area contributed by atoms with Gasteiger partial charge in [-0.05, 0) is 45.6 Å². The second-order valence-electron chi connectivity index (χ2n) is 8.55. The highest BCUT2D eigenvalue weighted by Crippen LogP contribution is 2.24. The van der Waals surface area contributed by atoms with E-state index in [0.717, 1.165) is 23.7 Å². The van der Waals surface area contributed by atoms with Gasteiger partial charge in [0.1, 0.15) is 11.6 Å². The zero-order valence-electron chi connectivity index (χ0n) is 17.7. The smallest absolute Gasteiger partial charge is 0.329 e. The lowest BCUT2D eigenvalue weighted by atomic mass is 10.1. The van der Waals surface area contributed by atoms with Gasteiger partial charge in [-0.2, -0.15) is 0 Å². The van der Waals surface area contributed by atoms with Crippen molar-refractivity contribution in [1.29, 1.82) is 0 Å². The van der Waals surface area contributed by atoms with Crippen LogP contribution in [0.5, 0.6) is 0 Å². The summed E-state index contributed by atoms with van der Waals surface area (Å²) in [4.78, 5) is 39.3. The largest absolute Gasteiger partial charge is 0.458 e. The summed E-state index contributed by atoms with van der Waals surface area (Å²) >= 11 is 1.09. The van der Waals surface area contributed by atoms with Crippen molar-refractivity contribution in [3.63, 3.8) is 0 Å². The second-order valence-corrected chi connectivity index (χ2v) is 9.57. The van der Waals surface area contributed by atoms with Gasteiger partial charge in [0.2, 0.25) is 11.0 Å². The predicted molar refractivity (Wildman–Crippen MR) is 115 cm³/mol. The number of ether oxygens (including phenoxy) is 1. The van der Waals surface area contributed by atoms with Gasteiger partial charge in [-0.25, -0.2) is 4.79 Å². The van der Waals surface area contributed by atoms with Crippen LogP contribution in [0.2, 0.25) is 0 Å². The number of esters is 1. The zero-order valence-corrected chi connectivity index (χ0v) is 18.5. The molecule has 0 saturated carbocycles. The van der Waals surface area contributed by atoms with Crippen molar-refractivity contribution >= 4 is 28.8 Å². The minimum absolute atomic E-state index is 0.115. The Labute approximate surface area is 177 Å². The van der Waals surface area contributed by atoms with Crippen molar-refractivity contribution in [2.45, 2.75) is 64.6 Å². The minimum Gasteiger partial charge on any atom is -0.458 e. The lowest BCUT2D eigenvalue weighted by Crippen LogP contribution is -2.46. The Hall–Kier alpha value is -1.86. The fourth-order valence-corrected chi connectivity index (χ4v) is 4.12. The van der Waals surface area contributed by atoms with E-state index in [1.165, 1.54) is 0 Å². The molecule has 1 aliphatic rings. The molecule has 1 heterocycles. The summed E-state index contributed by atoms with van der Waals surface area (Å²) in [5, 5.41) is -0.126. The molecule has 3 atom stereocenters. The van der Waals surface area contributed by atoms with Gasteiger partial charge in [0.25, 0.3) is 0 Å². The highest BCUT2D eigenvalue weighted by Gasteiger charge is 2.38. The number of nitrogens with zero attached hydrogens (tertiary/aromatic N) is 1. The molecule has 1 fully saturated rings. The van der Waals surface area contributed by atoms with E-state index in [-0.39, 0.29) is 22.9 Å². The van der Waals surface area contributed by atoms with Crippen LogP contribution in [0.3, 0.4) is 0 Å². The maximum atomic E-state index is 12.9. The average Bonchev–Trinajstić information content (AvgIpc) is 3.14. The van der Waals surface area contributed by atoms with Crippen LogP contribution in [0.4, 0.5) is 0 Å². The van der Waals surface area contributed by atoms with Crippen molar-refractivity contribution in [3.8, 4) is 0 Å². The molecule has 1 saturated heterocycles. The lowest BCUT2D eigenvalue weighted by molar-refractivity contribution is -0.163. The van der Waals surface area contributed by atoms with Crippen LogP contribution in [-0.4, -0.2) is 51.9 Å². The molecule has 6 nitrogen and oxygen atoms in total. The Bertz CT molecular complexity index is 717.